The number of piperazine rings is 1. The third-order valence-electron chi connectivity index (χ3n) is 4.22. The molecule has 11 heteroatoms. The van der Waals surface area contributed by atoms with Crippen LogP contribution in [0.4, 0.5) is 0 Å². The highest BCUT2D eigenvalue weighted by Crippen LogP contribution is 2.33. The number of fused-ring (bicyclic) bond motifs is 1. The molecule has 2 heterocycles. The number of nitrogens with zero attached hydrogens (tertiary/aromatic N) is 2. The number of ether oxygens (including phenoxy) is 2. The van der Waals surface area contributed by atoms with Gasteiger partial charge in [-0.3, -0.25) is 15.0 Å². The van der Waals surface area contributed by atoms with Crippen molar-refractivity contribution >= 4 is 21.8 Å². The van der Waals surface area contributed by atoms with E-state index in [0.717, 1.165) is 0 Å². The zero-order valence-electron chi connectivity index (χ0n) is 14.0. The highest BCUT2D eigenvalue weighted by molar-refractivity contribution is 7.89. The molecule has 0 aliphatic carbocycles. The number of rotatable bonds is 4. The molecule has 0 aromatic heterocycles. The van der Waals surface area contributed by atoms with Crippen LogP contribution in [-0.2, 0) is 19.6 Å². The molecular formula is C15H20N4O6S. The third kappa shape index (κ3) is 3.74. The predicted molar refractivity (Wildman–Crippen MR) is 89.7 cm³/mol. The van der Waals surface area contributed by atoms with Gasteiger partial charge in [-0.05, 0) is 12.1 Å². The van der Waals surface area contributed by atoms with Gasteiger partial charge >= 0.3 is 0 Å². The standard InChI is InChI=1S/C15H20N4O6S/c16-17-14(20)10-15(21)18-3-5-19(6-4-18)26(22,23)11-1-2-12-13(9-11)25-8-7-24-12/h1-2,9H,3-8,10,16H2,(H,17,20). The Morgan fingerprint density at radius 2 is 1.73 bits per heavy atom. The van der Waals surface area contributed by atoms with Crippen LogP contribution < -0.4 is 20.7 Å². The number of nitrogens with one attached hydrogen (secondary N) is 1. The van der Waals surface area contributed by atoms with Crippen LogP contribution in [0.5, 0.6) is 11.5 Å². The maximum absolute atomic E-state index is 12.8. The molecule has 1 fully saturated rings. The average Bonchev–Trinajstić information content (AvgIpc) is 2.67. The van der Waals surface area contributed by atoms with Gasteiger partial charge in [0.25, 0.3) is 0 Å². The summed E-state index contributed by atoms with van der Waals surface area (Å²) in [5.74, 6) is 4.92. The topological polar surface area (TPSA) is 131 Å². The van der Waals surface area contributed by atoms with Gasteiger partial charge in [-0.25, -0.2) is 14.3 Å². The van der Waals surface area contributed by atoms with E-state index in [1.807, 2.05) is 5.43 Å². The maximum Gasteiger partial charge on any atom is 0.243 e. The molecule has 10 nitrogen and oxygen atoms in total. The van der Waals surface area contributed by atoms with Gasteiger partial charge in [0.15, 0.2) is 11.5 Å². The summed E-state index contributed by atoms with van der Waals surface area (Å²) in [4.78, 5) is 24.7. The van der Waals surface area contributed by atoms with E-state index in [1.165, 1.54) is 21.3 Å². The van der Waals surface area contributed by atoms with E-state index in [4.69, 9.17) is 15.3 Å². The first-order valence-corrected chi connectivity index (χ1v) is 9.53. The van der Waals surface area contributed by atoms with Crippen LogP contribution in [0.2, 0.25) is 0 Å². The van der Waals surface area contributed by atoms with Crippen LogP contribution in [-0.4, -0.2) is 68.8 Å². The van der Waals surface area contributed by atoms with Gasteiger partial charge in [-0.1, -0.05) is 0 Å². The Hall–Kier alpha value is -2.37. The molecule has 1 aromatic rings. The summed E-state index contributed by atoms with van der Waals surface area (Å²) in [6, 6.07) is 4.51. The van der Waals surface area contributed by atoms with Crippen LogP contribution in [0.15, 0.2) is 23.1 Å². The summed E-state index contributed by atoms with van der Waals surface area (Å²) in [6.07, 6.45) is -0.356. The Balaban J connectivity index is 1.66. The normalized spacial score (nSPS) is 17.7. The molecule has 0 saturated carbocycles. The summed E-state index contributed by atoms with van der Waals surface area (Å²) in [7, 11) is -3.71. The van der Waals surface area contributed by atoms with Gasteiger partial charge in [-0.2, -0.15) is 4.31 Å². The summed E-state index contributed by atoms with van der Waals surface area (Å²) in [5.41, 5.74) is 1.90. The quantitative estimate of drug-likeness (QED) is 0.285. The van der Waals surface area contributed by atoms with Gasteiger partial charge in [-0.15, -0.1) is 0 Å². The molecule has 0 unspecified atom stereocenters. The van der Waals surface area contributed by atoms with E-state index in [1.54, 1.807) is 6.07 Å². The molecule has 2 aliphatic rings. The molecule has 2 amide bonds. The molecular weight excluding hydrogens is 364 g/mol. The first-order chi connectivity index (χ1) is 12.4. The van der Waals surface area contributed by atoms with E-state index >= 15 is 0 Å². The molecule has 142 valence electrons. The Morgan fingerprint density at radius 1 is 1.08 bits per heavy atom. The largest absolute Gasteiger partial charge is 0.486 e. The minimum Gasteiger partial charge on any atom is -0.486 e. The van der Waals surface area contributed by atoms with E-state index in [-0.39, 0.29) is 43.4 Å². The number of hydrogen-bond acceptors (Lipinski definition) is 7. The number of amides is 2. The van der Waals surface area contributed by atoms with Crippen molar-refractivity contribution in [1.29, 1.82) is 0 Å². The first kappa shape index (κ1) is 18.4. The fraction of sp³-hybridized carbons (Fsp3) is 0.467. The third-order valence-corrected chi connectivity index (χ3v) is 6.11. The molecule has 0 atom stereocenters. The van der Waals surface area contributed by atoms with Gasteiger partial charge < -0.3 is 14.4 Å². The maximum atomic E-state index is 12.8. The minimum absolute atomic E-state index is 0.115. The van der Waals surface area contributed by atoms with Crippen molar-refractivity contribution in [1.82, 2.24) is 14.6 Å². The Morgan fingerprint density at radius 3 is 2.38 bits per heavy atom. The Labute approximate surface area is 150 Å². The van der Waals surface area contributed by atoms with Crippen molar-refractivity contribution in [3.63, 3.8) is 0 Å². The first-order valence-electron chi connectivity index (χ1n) is 8.09. The highest BCUT2D eigenvalue weighted by Gasteiger charge is 2.31. The molecule has 0 spiro atoms. The van der Waals surface area contributed by atoms with Crippen molar-refractivity contribution in [3.8, 4) is 11.5 Å². The average molecular weight is 384 g/mol. The number of hydrogen-bond donors (Lipinski definition) is 2. The van der Waals surface area contributed by atoms with Crippen molar-refractivity contribution in [2.24, 2.45) is 5.84 Å². The fourth-order valence-electron chi connectivity index (χ4n) is 2.81. The van der Waals surface area contributed by atoms with Crippen LogP contribution in [0.3, 0.4) is 0 Å². The minimum atomic E-state index is -3.71. The van der Waals surface area contributed by atoms with E-state index < -0.39 is 15.9 Å². The van der Waals surface area contributed by atoms with Gasteiger partial charge in [0.1, 0.15) is 19.6 Å². The molecule has 2 aliphatic heterocycles. The Kier molecular flexibility index (Phi) is 5.30. The number of nitrogens with two attached hydrogens (primary N) is 1. The van der Waals surface area contributed by atoms with Crippen LogP contribution >= 0.6 is 0 Å². The molecule has 1 aromatic carbocycles. The van der Waals surface area contributed by atoms with Crippen molar-refractivity contribution in [3.05, 3.63) is 18.2 Å². The van der Waals surface area contributed by atoms with E-state index in [9.17, 15) is 18.0 Å². The van der Waals surface area contributed by atoms with Crippen molar-refractivity contribution in [2.45, 2.75) is 11.3 Å². The van der Waals surface area contributed by atoms with Crippen molar-refractivity contribution in [2.75, 3.05) is 39.4 Å². The highest BCUT2D eigenvalue weighted by atomic mass is 32.2. The molecule has 3 rings (SSSR count). The summed E-state index contributed by atoms with van der Waals surface area (Å²) in [5, 5.41) is 0. The molecule has 0 bridgehead atoms. The zero-order valence-corrected chi connectivity index (χ0v) is 14.8. The zero-order chi connectivity index (χ0) is 18.7. The van der Waals surface area contributed by atoms with E-state index in [2.05, 4.69) is 0 Å². The second kappa shape index (κ2) is 7.48. The molecule has 26 heavy (non-hydrogen) atoms. The lowest BCUT2D eigenvalue weighted by atomic mass is 10.3. The van der Waals surface area contributed by atoms with E-state index in [0.29, 0.717) is 24.7 Å². The SMILES string of the molecule is NNC(=O)CC(=O)N1CCN(S(=O)(=O)c2ccc3c(c2)OCCO3)CC1. The molecule has 0 radical (unpaired) electrons. The molecule has 1 saturated heterocycles. The van der Waals surface area contributed by atoms with Gasteiger partial charge in [0.2, 0.25) is 21.8 Å². The monoisotopic (exact) mass is 384 g/mol. The number of carbonyl (C=O) groups excluding carboxylic acids is 2. The summed E-state index contributed by atoms with van der Waals surface area (Å²) < 4.78 is 37.8. The van der Waals surface area contributed by atoms with Gasteiger partial charge in [0, 0.05) is 32.2 Å². The fourth-order valence-corrected chi connectivity index (χ4v) is 4.25. The van der Waals surface area contributed by atoms with Crippen LogP contribution in [0.1, 0.15) is 6.42 Å². The summed E-state index contributed by atoms with van der Waals surface area (Å²) in [6.45, 7) is 1.51. The lowest BCUT2D eigenvalue weighted by Crippen LogP contribution is -2.51. The van der Waals surface area contributed by atoms with Crippen LogP contribution in [0.25, 0.3) is 0 Å². The van der Waals surface area contributed by atoms with Crippen molar-refractivity contribution < 1.29 is 27.5 Å². The lowest BCUT2D eigenvalue weighted by molar-refractivity contribution is -0.137. The van der Waals surface area contributed by atoms with Crippen LogP contribution in [0, 0.1) is 0 Å². The second-order valence-corrected chi connectivity index (χ2v) is 7.77. The lowest BCUT2D eigenvalue weighted by Gasteiger charge is -2.34. The predicted octanol–water partition coefficient (Wildman–Crippen LogP) is -1.33. The number of carbonyl (C=O) groups is 2. The number of hydrazine groups is 1. The smallest absolute Gasteiger partial charge is 0.243 e. The Bertz CT molecular complexity index is 804. The molecule has 3 N–H and O–H groups in total. The number of benzene rings is 1. The number of sulfonamides is 1. The van der Waals surface area contributed by atoms with Gasteiger partial charge in [0.05, 0.1) is 4.90 Å². The second-order valence-electron chi connectivity index (χ2n) is 5.83. The summed E-state index contributed by atoms with van der Waals surface area (Å²) >= 11 is 0.